The van der Waals surface area contributed by atoms with E-state index in [0.29, 0.717) is 0 Å². The Morgan fingerprint density at radius 2 is 1.85 bits per heavy atom. The molecule has 20 heavy (non-hydrogen) atoms. The summed E-state index contributed by atoms with van der Waals surface area (Å²) in [5.74, 6) is 0. The number of aromatic nitrogens is 4. The largest absolute Gasteiger partial charge is 0.374 e. The van der Waals surface area contributed by atoms with Crippen LogP contribution in [0.4, 0.5) is 0 Å². The normalized spacial score (nSPS) is 10.1. The molecule has 1 aromatic carbocycles. The first-order valence-electron chi connectivity index (χ1n) is 6.06. The van der Waals surface area contributed by atoms with Gasteiger partial charge in [-0.05, 0) is 36.9 Å². The molecule has 103 valence electrons. The summed E-state index contributed by atoms with van der Waals surface area (Å²) in [5.41, 5.74) is 5.10. The molecule has 2 heterocycles. The summed E-state index contributed by atoms with van der Waals surface area (Å²) in [6, 6.07) is 8.08. The van der Waals surface area contributed by atoms with Crippen LogP contribution in [0.15, 0.2) is 43.0 Å². The van der Waals surface area contributed by atoms with Crippen molar-refractivity contribution in [2.24, 2.45) is 0 Å². The predicted molar refractivity (Wildman–Crippen MR) is 72.9 cm³/mol. The zero-order valence-corrected chi connectivity index (χ0v) is 13.6. The average Bonchev–Trinajstić information content (AvgIpc) is 2.93. The minimum absolute atomic E-state index is 0. The van der Waals surface area contributed by atoms with E-state index in [4.69, 9.17) is 0 Å². The molecule has 0 atom stereocenters. The Balaban J connectivity index is 0.00000147. The summed E-state index contributed by atoms with van der Waals surface area (Å²) >= 11 is 0. The molecule has 5 heteroatoms. The summed E-state index contributed by atoms with van der Waals surface area (Å²) in [4.78, 5) is 8.41. The molecule has 0 aliphatic carbocycles. The van der Waals surface area contributed by atoms with Gasteiger partial charge in [0.25, 0.3) is 0 Å². The van der Waals surface area contributed by atoms with Gasteiger partial charge in [0.15, 0.2) is 0 Å². The summed E-state index contributed by atoms with van der Waals surface area (Å²) in [5, 5.41) is 4.24. The molecule has 0 N–H and O–H groups in total. The molecule has 0 saturated carbocycles. The molecule has 1 radical (unpaired) electrons. The minimum Gasteiger partial charge on any atom is -0.374 e. The van der Waals surface area contributed by atoms with E-state index in [1.54, 1.807) is 10.9 Å². The van der Waals surface area contributed by atoms with Gasteiger partial charge in [0.2, 0.25) is 0 Å². The van der Waals surface area contributed by atoms with Crippen LogP contribution in [0.1, 0.15) is 11.1 Å². The van der Waals surface area contributed by atoms with Gasteiger partial charge in [-0.15, -0.1) is 0 Å². The third kappa shape index (κ3) is 2.55. The summed E-state index contributed by atoms with van der Waals surface area (Å²) < 4.78 is 1.74. The third-order valence-electron chi connectivity index (χ3n) is 3.09. The molecule has 4 nitrogen and oxygen atoms in total. The van der Waals surface area contributed by atoms with Crippen molar-refractivity contribution in [1.82, 2.24) is 19.7 Å². The number of rotatable bonds is 2. The predicted octanol–water partition coefficient (Wildman–Crippen LogP) is 2.74. The van der Waals surface area contributed by atoms with Crippen LogP contribution in [0.25, 0.3) is 16.9 Å². The fourth-order valence-electron chi connectivity index (χ4n) is 2.22. The Morgan fingerprint density at radius 1 is 1.10 bits per heavy atom. The zero-order chi connectivity index (χ0) is 13.2. The van der Waals surface area contributed by atoms with Crippen molar-refractivity contribution in [2.75, 3.05) is 0 Å². The molecule has 0 aliphatic heterocycles. The van der Waals surface area contributed by atoms with E-state index in [-0.39, 0.29) is 20.1 Å². The maximum atomic E-state index is 4.42. The molecule has 0 unspecified atom stereocenters. The van der Waals surface area contributed by atoms with Crippen LogP contribution in [0.5, 0.6) is 0 Å². The van der Waals surface area contributed by atoms with Crippen LogP contribution in [-0.2, 0) is 20.1 Å². The van der Waals surface area contributed by atoms with Gasteiger partial charge in [-0.25, -0.2) is 0 Å². The van der Waals surface area contributed by atoms with Gasteiger partial charge in [0.05, 0.1) is 0 Å². The molecule has 0 fully saturated rings. The fraction of sp³-hybridized carbons (Fsp3) is 0.133. The quantitative estimate of drug-likeness (QED) is 0.575. The first kappa shape index (κ1) is 14.6. The molecule has 0 spiro atoms. The Bertz CT molecular complexity index is 687. The van der Waals surface area contributed by atoms with E-state index in [2.05, 4.69) is 47.2 Å². The third-order valence-corrected chi connectivity index (χ3v) is 3.09. The van der Waals surface area contributed by atoms with Crippen LogP contribution in [0, 0.1) is 20.0 Å². The van der Waals surface area contributed by atoms with Crippen LogP contribution >= 0.6 is 0 Å². The van der Waals surface area contributed by atoms with Crippen LogP contribution < -0.4 is 0 Å². The van der Waals surface area contributed by atoms with Crippen LogP contribution in [-0.4, -0.2) is 19.7 Å². The van der Waals surface area contributed by atoms with Gasteiger partial charge in [-0.3, -0.25) is 4.68 Å². The molecular weight excluding hydrogens is 428 g/mol. The zero-order valence-electron chi connectivity index (χ0n) is 11.2. The molecule has 0 aliphatic rings. The minimum atomic E-state index is 0. The average molecular weight is 442 g/mol. The number of hydrogen-bond acceptors (Lipinski definition) is 3. The van der Waals surface area contributed by atoms with Crippen molar-refractivity contribution in [3.8, 4) is 16.9 Å². The second kappa shape index (κ2) is 6.07. The van der Waals surface area contributed by atoms with Gasteiger partial charge >= 0.3 is 0 Å². The summed E-state index contributed by atoms with van der Waals surface area (Å²) in [7, 11) is 0. The Hall–Kier alpha value is -1.84. The maximum absolute atomic E-state index is 4.42. The number of aryl methyl sites for hydroxylation is 2. The van der Waals surface area contributed by atoms with Crippen molar-refractivity contribution in [2.45, 2.75) is 13.8 Å². The standard InChI is InChI=1S/C15H13N4.Ir/c1-11-5-3-6-12(2)14(11)15-13(9-16-10-17-15)19-8-4-7-18-19;/h3-8,10H,1-2H3;/q-1;. The Morgan fingerprint density at radius 3 is 2.50 bits per heavy atom. The van der Waals surface area contributed by atoms with Gasteiger partial charge in [-0.1, -0.05) is 35.5 Å². The van der Waals surface area contributed by atoms with Crippen LogP contribution in [0.2, 0.25) is 0 Å². The first-order valence-corrected chi connectivity index (χ1v) is 6.06. The monoisotopic (exact) mass is 442 g/mol. The maximum Gasteiger partial charge on any atom is 0.0493 e. The SMILES string of the molecule is Cc1cccc(C)c1-c1ncn[c-]c1-n1cccn1.[Ir]. The molecule has 3 rings (SSSR count). The van der Waals surface area contributed by atoms with Crippen LogP contribution in [0.3, 0.4) is 0 Å². The molecule has 0 amide bonds. The smallest absolute Gasteiger partial charge is 0.0493 e. The van der Waals surface area contributed by atoms with Crippen molar-refractivity contribution in [1.29, 1.82) is 0 Å². The van der Waals surface area contributed by atoms with E-state index in [0.717, 1.165) is 16.9 Å². The molecule has 0 bridgehead atoms. The van der Waals surface area contributed by atoms with Gasteiger partial charge in [0, 0.05) is 38.8 Å². The molecule has 2 aromatic heterocycles. The van der Waals surface area contributed by atoms with Gasteiger partial charge < -0.3 is 9.97 Å². The molecule has 0 saturated heterocycles. The second-order valence-corrected chi connectivity index (χ2v) is 4.40. The van der Waals surface area contributed by atoms with Crippen molar-refractivity contribution in [3.63, 3.8) is 0 Å². The van der Waals surface area contributed by atoms with Crippen molar-refractivity contribution < 1.29 is 20.1 Å². The van der Waals surface area contributed by atoms with E-state index >= 15 is 0 Å². The van der Waals surface area contributed by atoms with E-state index in [9.17, 15) is 0 Å². The van der Waals surface area contributed by atoms with E-state index in [1.165, 1.54) is 17.5 Å². The first-order chi connectivity index (χ1) is 9.27. The fourth-order valence-corrected chi connectivity index (χ4v) is 2.22. The van der Waals surface area contributed by atoms with Gasteiger partial charge in [0.1, 0.15) is 0 Å². The van der Waals surface area contributed by atoms with Crippen molar-refractivity contribution >= 4 is 0 Å². The second-order valence-electron chi connectivity index (χ2n) is 4.40. The van der Waals surface area contributed by atoms with Gasteiger partial charge in [-0.2, -0.15) is 5.10 Å². The molecule has 3 aromatic rings. The number of hydrogen-bond donors (Lipinski definition) is 0. The molecular formula is C15H13IrN4-. The topological polar surface area (TPSA) is 43.6 Å². The Kier molecular flexibility index (Phi) is 4.42. The number of benzene rings is 1. The summed E-state index contributed by atoms with van der Waals surface area (Å²) in [6.45, 7) is 4.16. The van der Waals surface area contributed by atoms with E-state index in [1.807, 2.05) is 18.3 Å². The Labute approximate surface area is 131 Å². The number of nitrogens with zero attached hydrogens (tertiary/aromatic N) is 4. The van der Waals surface area contributed by atoms with E-state index < -0.39 is 0 Å². The van der Waals surface area contributed by atoms with Crippen molar-refractivity contribution in [3.05, 3.63) is 60.3 Å². The summed E-state index contributed by atoms with van der Waals surface area (Å²) in [6.07, 6.45) is 8.10.